The number of carboxylic acid groups (broad SMARTS) is 1. The average molecular weight is 390 g/mol. The molecule has 2 aromatic carbocycles. The molecule has 1 aliphatic rings. The van der Waals surface area contributed by atoms with E-state index in [1.807, 2.05) is 0 Å². The van der Waals surface area contributed by atoms with Crippen LogP contribution in [0.3, 0.4) is 0 Å². The number of rotatable bonds is 3. The molecule has 0 radical (unpaired) electrons. The molecule has 1 N–H and O–H groups in total. The van der Waals surface area contributed by atoms with E-state index in [-0.39, 0.29) is 16.6 Å². The standard InChI is InChI=1S/C18H12F2N2O4S/c1-18(8-14(23)24)16(25)22(15-10(20)3-2-4-12(15)26-18)17-21-11-6-5-9(19)7-13(11)27-17/h2-7H,8H2,1H3,(H,23,24). The van der Waals surface area contributed by atoms with Gasteiger partial charge in [0.25, 0.3) is 5.91 Å². The molecule has 0 fully saturated rings. The molecule has 9 heteroatoms. The van der Waals surface area contributed by atoms with E-state index in [2.05, 4.69) is 4.98 Å². The van der Waals surface area contributed by atoms with E-state index < -0.39 is 35.5 Å². The van der Waals surface area contributed by atoms with Crippen molar-refractivity contribution >= 4 is 44.2 Å². The largest absolute Gasteiger partial charge is 0.481 e. The van der Waals surface area contributed by atoms with Gasteiger partial charge in [-0.15, -0.1) is 0 Å². The minimum atomic E-state index is -1.74. The summed E-state index contributed by atoms with van der Waals surface area (Å²) in [6.07, 6.45) is -0.613. The number of halogens is 2. The van der Waals surface area contributed by atoms with E-state index >= 15 is 0 Å². The Kier molecular flexibility index (Phi) is 3.84. The van der Waals surface area contributed by atoms with Crippen molar-refractivity contribution in [2.75, 3.05) is 4.90 Å². The van der Waals surface area contributed by atoms with Crippen LogP contribution in [-0.2, 0) is 9.59 Å². The fourth-order valence-corrected chi connectivity index (χ4v) is 3.98. The lowest BCUT2D eigenvalue weighted by atomic mass is 9.97. The topological polar surface area (TPSA) is 79.7 Å². The molecular weight excluding hydrogens is 378 g/mol. The minimum absolute atomic E-state index is 0.0313. The summed E-state index contributed by atoms with van der Waals surface area (Å²) in [5, 5.41) is 9.28. The van der Waals surface area contributed by atoms with Gasteiger partial charge in [0.1, 0.15) is 17.3 Å². The summed E-state index contributed by atoms with van der Waals surface area (Å²) in [7, 11) is 0. The van der Waals surface area contributed by atoms with Gasteiger partial charge in [-0.1, -0.05) is 17.4 Å². The van der Waals surface area contributed by atoms with Crippen LogP contribution in [0.25, 0.3) is 10.2 Å². The Bertz CT molecular complexity index is 1100. The number of hydrogen-bond acceptors (Lipinski definition) is 5. The Hall–Kier alpha value is -3.07. The number of thiazole rings is 1. The molecule has 6 nitrogen and oxygen atoms in total. The Morgan fingerprint density at radius 3 is 2.85 bits per heavy atom. The van der Waals surface area contributed by atoms with Gasteiger partial charge in [-0.05, 0) is 37.3 Å². The second kappa shape index (κ2) is 5.98. The minimum Gasteiger partial charge on any atom is -0.481 e. The van der Waals surface area contributed by atoms with Crippen LogP contribution in [0.5, 0.6) is 5.75 Å². The van der Waals surface area contributed by atoms with Crippen molar-refractivity contribution < 1.29 is 28.2 Å². The van der Waals surface area contributed by atoms with Crippen LogP contribution < -0.4 is 9.64 Å². The fourth-order valence-electron chi connectivity index (χ4n) is 2.98. The van der Waals surface area contributed by atoms with E-state index in [1.54, 1.807) is 0 Å². The highest BCUT2D eigenvalue weighted by Gasteiger charge is 2.48. The van der Waals surface area contributed by atoms with Crippen LogP contribution in [0.2, 0.25) is 0 Å². The molecule has 0 saturated heterocycles. The first kappa shape index (κ1) is 17.3. The van der Waals surface area contributed by atoms with Gasteiger partial charge in [-0.2, -0.15) is 0 Å². The summed E-state index contributed by atoms with van der Waals surface area (Å²) in [6.45, 7) is 1.33. The summed E-state index contributed by atoms with van der Waals surface area (Å²) in [5.41, 5.74) is -1.45. The van der Waals surface area contributed by atoms with Crippen LogP contribution in [0.4, 0.5) is 19.6 Å². The third kappa shape index (κ3) is 2.80. The highest BCUT2D eigenvalue weighted by atomic mass is 32.1. The zero-order valence-corrected chi connectivity index (χ0v) is 14.7. The van der Waals surface area contributed by atoms with E-state index in [0.29, 0.717) is 10.2 Å². The Balaban J connectivity index is 1.93. The summed E-state index contributed by atoms with van der Waals surface area (Å²) >= 11 is 0.998. The molecule has 1 amide bonds. The summed E-state index contributed by atoms with van der Waals surface area (Å²) in [4.78, 5) is 29.7. The first-order chi connectivity index (χ1) is 12.8. The van der Waals surface area contributed by atoms with Gasteiger partial charge in [-0.25, -0.2) is 18.7 Å². The molecule has 1 unspecified atom stereocenters. The Morgan fingerprint density at radius 2 is 2.11 bits per heavy atom. The number of benzene rings is 2. The van der Waals surface area contributed by atoms with Crippen molar-refractivity contribution in [1.29, 1.82) is 0 Å². The number of carboxylic acids is 1. The van der Waals surface area contributed by atoms with E-state index in [0.717, 1.165) is 22.3 Å². The average Bonchev–Trinajstić information content (AvgIpc) is 2.98. The number of fused-ring (bicyclic) bond motifs is 2. The van der Waals surface area contributed by atoms with Gasteiger partial charge in [-0.3, -0.25) is 9.59 Å². The van der Waals surface area contributed by atoms with Crippen molar-refractivity contribution in [2.45, 2.75) is 18.9 Å². The number of hydrogen-bond donors (Lipinski definition) is 1. The number of para-hydroxylation sites is 1. The molecule has 1 atom stereocenters. The van der Waals surface area contributed by atoms with Crippen LogP contribution in [0.1, 0.15) is 13.3 Å². The zero-order valence-electron chi connectivity index (χ0n) is 13.9. The van der Waals surface area contributed by atoms with Crippen LogP contribution in [0, 0.1) is 11.6 Å². The number of ether oxygens (including phenoxy) is 1. The Morgan fingerprint density at radius 1 is 1.33 bits per heavy atom. The highest BCUT2D eigenvalue weighted by Crippen LogP contribution is 2.46. The molecule has 3 aromatic rings. The van der Waals surface area contributed by atoms with Crippen molar-refractivity contribution in [1.82, 2.24) is 4.98 Å². The molecule has 2 heterocycles. The summed E-state index contributed by atoms with van der Waals surface area (Å²) in [5.74, 6) is -3.15. The summed E-state index contributed by atoms with van der Waals surface area (Å²) < 4.78 is 34.1. The molecule has 4 rings (SSSR count). The normalized spacial score (nSPS) is 19.1. The van der Waals surface area contributed by atoms with E-state index in [1.165, 1.54) is 37.3 Å². The number of aliphatic carboxylic acids is 1. The first-order valence-electron chi connectivity index (χ1n) is 7.88. The van der Waals surface area contributed by atoms with E-state index in [9.17, 15) is 23.5 Å². The van der Waals surface area contributed by atoms with Crippen molar-refractivity contribution in [3.05, 3.63) is 48.0 Å². The van der Waals surface area contributed by atoms with Crippen molar-refractivity contribution in [3.63, 3.8) is 0 Å². The van der Waals surface area contributed by atoms with Crippen LogP contribution in [-0.4, -0.2) is 27.6 Å². The quantitative estimate of drug-likeness (QED) is 0.735. The monoisotopic (exact) mass is 390 g/mol. The Labute approximate surface area is 155 Å². The van der Waals surface area contributed by atoms with Crippen molar-refractivity contribution in [2.24, 2.45) is 0 Å². The molecule has 0 bridgehead atoms. The molecule has 0 aliphatic carbocycles. The lowest BCUT2D eigenvalue weighted by Gasteiger charge is -2.38. The lowest BCUT2D eigenvalue weighted by Crippen LogP contribution is -2.54. The number of anilines is 2. The predicted octanol–water partition coefficient (Wildman–Crippen LogP) is 3.87. The van der Waals surface area contributed by atoms with E-state index in [4.69, 9.17) is 4.74 Å². The number of carbonyl (C=O) groups is 2. The van der Waals surface area contributed by atoms with Gasteiger partial charge in [0.15, 0.2) is 16.5 Å². The number of nitrogens with zero attached hydrogens (tertiary/aromatic N) is 2. The lowest BCUT2D eigenvalue weighted by molar-refractivity contribution is -0.148. The second-order valence-electron chi connectivity index (χ2n) is 6.24. The maximum Gasteiger partial charge on any atom is 0.307 e. The van der Waals surface area contributed by atoms with Crippen LogP contribution in [0.15, 0.2) is 36.4 Å². The fraction of sp³-hybridized carbons (Fsp3) is 0.167. The second-order valence-corrected chi connectivity index (χ2v) is 7.25. The zero-order chi connectivity index (χ0) is 19.3. The molecule has 27 heavy (non-hydrogen) atoms. The summed E-state index contributed by atoms with van der Waals surface area (Å²) in [6, 6.07) is 7.96. The smallest absolute Gasteiger partial charge is 0.307 e. The van der Waals surface area contributed by atoms with Gasteiger partial charge in [0, 0.05) is 0 Å². The first-order valence-corrected chi connectivity index (χ1v) is 8.70. The SMILES string of the molecule is CC1(CC(=O)O)Oc2cccc(F)c2N(c2nc3ccc(F)cc3s2)C1=O. The van der Waals surface area contributed by atoms with Crippen LogP contribution >= 0.6 is 11.3 Å². The molecule has 138 valence electrons. The molecule has 1 aromatic heterocycles. The number of aromatic nitrogens is 1. The maximum absolute atomic E-state index is 14.5. The predicted molar refractivity (Wildman–Crippen MR) is 94.4 cm³/mol. The highest BCUT2D eigenvalue weighted by molar-refractivity contribution is 7.22. The molecule has 1 aliphatic heterocycles. The van der Waals surface area contributed by atoms with Gasteiger partial charge in [0.05, 0.1) is 16.6 Å². The number of carbonyl (C=O) groups excluding carboxylic acids is 1. The molecule has 0 spiro atoms. The number of amides is 1. The molecular formula is C18H12F2N2O4S. The third-order valence-corrected chi connectivity index (χ3v) is 5.19. The third-order valence-electron chi connectivity index (χ3n) is 4.18. The van der Waals surface area contributed by atoms with Gasteiger partial charge in [0.2, 0.25) is 0 Å². The maximum atomic E-state index is 14.5. The molecule has 0 saturated carbocycles. The van der Waals surface area contributed by atoms with Gasteiger partial charge < -0.3 is 9.84 Å². The van der Waals surface area contributed by atoms with Gasteiger partial charge >= 0.3 is 5.97 Å². The van der Waals surface area contributed by atoms with Crippen molar-refractivity contribution in [3.8, 4) is 5.75 Å².